The van der Waals surface area contributed by atoms with Crippen LogP contribution in [0.3, 0.4) is 0 Å². The molecule has 0 saturated carbocycles. The van der Waals surface area contributed by atoms with E-state index in [1.807, 2.05) is 53.1 Å². The third-order valence-corrected chi connectivity index (χ3v) is 4.66. The van der Waals surface area contributed by atoms with Crippen molar-refractivity contribution in [2.24, 2.45) is 0 Å². The van der Waals surface area contributed by atoms with Crippen LogP contribution in [-0.4, -0.2) is 70.1 Å². The standard InChI is InChI=1S/C22H25N7O4/c30-22(31)24-9-12-33-14-13-32-11-8-23-19-6-5-16(15-25-19)26-20-7-10-29-18-4-2-1-3-17(18)27-21(29)28-20/h1-7,10,15,24H,8-9,11-14H2,(H,23,25)(H,30,31)(H,26,27,28). The zero-order valence-corrected chi connectivity index (χ0v) is 17.9. The maximum Gasteiger partial charge on any atom is 0.404 e. The Morgan fingerprint density at radius 1 is 0.939 bits per heavy atom. The van der Waals surface area contributed by atoms with Gasteiger partial charge in [0.1, 0.15) is 11.6 Å². The molecule has 172 valence electrons. The Labute approximate surface area is 189 Å². The van der Waals surface area contributed by atoms with E-state index in [4.69, 9.17) is 14.6 Å². The second-order valence-electron chi connectivity index (χ2n) is 7.02. The van der Waals surface area contributed by atoms with Crippen molar-refractivity contribution in [2.75, 3.05) is 50.2 Å². The molecule has 1 aromatic carbocycles. The first kappa shape index (κ1) is 22.2. The molecular formula is C22H25N7O4. The minimum atomic E-state index is -1.06. The molecule has 1 amide bonds. The van der Waals surface area contributed by atoms with Gasteiger partial charge in [0.25, 0.3) is 0 Å². The van der Waals surface area contributed by atoms with E-state index in [1.165, 1.54) is 0 Å². The van der Waals surface area contributed by atoms with Gasteiger partial charge in [-0.3, -0.25) is 4.40 Å². The highest BCUT2D eigenvalue weighted by molar-refractivity contribution is 5.79. The summed E-state index contributed by atoms with van der Waals surface area (Å²) in [6, 6.07) is 13.6. The van der Waals surface area contributed by atoms with Gasteiger partial charge in [-0.2, -0.15) is 4.98 Å². The quantitative estimate of drug-likeness (QED) is 0.240. The lowest BCUT2D eigenvalue weighted by molar-refractivity contribution is 0.0527. The van der Waals surface area contributed by atoms with Crippen molar-refractivity contribution in [3.8, 4) is 0 Å². The first-order valence-corrected chi connectivity index (χ1v) is 10.5. The summed E-state index contributed by atoms with van der Waals surface area (Å²) in [5.41, 5.74) is 2.75. The van der Waals surface area contributed by atoms with Crippen molar-refractivity contribution in [3.05, 3.63) is 54.9 Å². The number of nitrogens with zero attached hydrogens (tertiary/aromatic N) is 4. The number of anilines is 3. The third-order valence-electron chi connectivity index (χ3n) is 4.66. The molecule has 4 rings (SSSR count). The predicted molar refractivity (Wildman–Crippen MR) is 124 cm³/mol. The van der Waals surface area contributed by atoms with E-state index in [2.05, 4.69) is 30.9 Å². The van der Waals surface area contributed by atoms with E-state index in [0.29, 0.717) is 44.6 Å². The summed E-state index contributed by atoms with van der Waals surface area (Å²) in [5.74, 6) is 2.06. The molecule has 0 spiro atoms. The van der Waals surface area contributed by atoms with Gasteiger partial charge in [-0.15, -0.1) is 0 Å². The molecule has 33 heavy (non-hydrogen) atoms. The maximum atomic E-state index is 10.3. The van der Waals surface area contributed by atoms with E-state index in [1.54, 1.807) is 6.20 Å². The van der Waals surface area contributed by atoms with E-state index < -0.39 is 6.09 Å². The van der Waals surface area contributed by atoms with Gasteiger partial charge >= 0.3 is 6.09 Å². The molecule has 0 aliphatic heterocycles. The van der Waals surface area contributed by atoms with Crippen LogP contribution in [0.25, 0.3) is 16.8 Å². The van der Waals surface area contributed by atoms with Gasteiger partial charge in [0.15, 0.2) is 0 Å². The average Bonchev–Trinajstić information content (AvgIpc) is 3.19. The molecule has 4 aromatic rings. The molecule has 11 heteroatoms. The van der Waals surface area contributed by atoms with Crippen LogP contribution in [0.5, 0.6) is 0 Å². The number of pyridine rings is 1. The molecular weight excluding hydrogens is 426 g/mol. The maximum absolute atomic E-state index is 10.3. The zero-order valence-electron chi connectivity index (χ0n) is 17.9. The Kier molecular flexibility index (Phi) is 7.46. The lowest BCUT2D eigenvalue weighted by Gasteiger charge is -2.09. The lowest BCUT2D eigenvalue weighted by atomic mass is 10.3. The van der Waals surface area contributed by atoms with E-state index in [9.17, 15) is 4.79 Å². The number of rotatable bonds is 12. The number of carboxylic acid groups (broad SMARTS) is 1. The van der Waals surface area contributed by atoms with Gasteiger partial charge in [-0.05, 0) is 30.3 Å². The average molecular weight is 451 g/mol. The van der Waals surface area contributed by atoms with Gasteiger partial charge in [-0.25, -0.2) is 14.8 Å². The van der Waals surface area contributed by atoms with E-state index in [-0.39, 0.29) is 6.54 Å². The summed E-state index contributed by atoms with van der Waals surface area (Å²) in [5, 5.41) is 17.1. The number of para-hydroxylation sites is 2. The monoisotopic (exact) mass is 451 g/mol. The highest BCUT2D eigenvalue weighted by Gasteiger charge is 2.06. The fraction of sp³-hybridized carbons (Fsp3) is 0.273. The van der Waals surface area contributed by atoms with Crippen LogP contribution in [0.4, 0.5) is 22.1 Å². The molecule has 3 aromatic heterocycles. The number of hydrogen-bond donors (Lipinski definition) is 4. The molecule has 11 nitrogen and oxygen atoms in total. The normalized spacial score (nSPS) is 11.0. The van der Waals surface area contributed by atoms with Gasteiger partial charge in [-0.1, -0.05) is 12.1 Å². The number of aromatic nitrogens is 4. The van der Waals surface area contributed by atoms with Gasteiger partial charge in [0, 0.05) is 19.3 Å². The summed E-state index contributed by atoms with van der Waals surface area (Å²) < 4.78 is 12.7. The Morgan fingerprint density at radius 3 is 2.55 bits per heavy atom. The van der Waals surface area contributed by atoms with Crippen molar-refractivity contribution in [1.82, 2.24) is 24.7 Å². The summed E-state index contributed by atoms with van der Waals surface area (Å²) in [4.78, 5) is 23.8. The number of imidazole rings is 1. The van der Waals surface area contributed by atoms with Crippen molar-refractivity contribution in [3.63, 3.8) is 0 Å². The van der Waals surface area contributed by atoms with E-state index in [0.717, 1.165) is 22.5 Å². The minimum Gasteiger partial charge on any atom is -0.465 e. The number of benzene rings is 1. The van der Waals surface area contributed by atoms with Crippen LogP contribution in [0.2, 0.25) is 0 Å². The Hall–Kier alpha value is -3.96. The number of carbonyl (C=O) groups is 1. The smallest absolute Gasteiger partial charge is 0.404 e. The zero-order chi connectivity index (χ0) is 22.9. The van der Waals surface area contributed by atoms with Crippen LogP contribution in [0.1, 0.15) is 0 Å². The summed E-state index contributed by atoms with van der Waals surface area (Å²) >= 11 is 0. The SMILES string of the molecule is O=C(O)NCCOCCOCCNc1ccc(Nc2ccn3c(n2)nc2ccccc23)cn1. The van der Waals surface area contributed by atoms with E-state index >= 15 is 0 Å². The fourth-order valence-electron chi connectivity index (χ4n) is 3.14. The second-order valence-corrected chi connectivity index (χ2v) is 7.02. The topological polar surface area (TPSA) is 135 Å². The van der Waals surface area contributed by atoms with Crippen LogP contribution < -0.4 is 16.0 Å². The molecule has 0 aliphatic rings. The number of amides is 1. The Morgan fingerprint density at radius 2 is 1.76 bits per heavy atom. The molecule has 0 fully saturated rings. The molecule has 0 bridgehead atoms. The lowest BCUT2D eigenvalue weighted by Crippen LogP contribution is -2.25. The Bertz CT molecular complexity index is 1200. The highest BCUT2D eigenvalue weighted by Crippen LogP contribution is 2.19. The Balaban J connectivity index is 1.17. The molecule has 4 N–H and O–H groups in total. The van der Waals surface area contributed by atoms with Crippen LogP contribution in [0.15, 0.2) is 54.9 Å². The first-order valence-electron chi connectivity index (χ1n) is 10.5. The van der Waals surface area contributed by atoms with Crippen molar-refractivity contribution in [2.45, 2.75) is 0 Å². The molecule has 0 unspecified atom stereocenters. The van der Waals surface area contributed by atoms with Gasteiger partial charge in [0.2, 0.25) is 5.78 Å². The number of fused-ring (bicyclic) bond motifs is 3. The third kappa shape index (κ3) is 6.28. The first-order chi connectivity index (χ1) is 16.2. The van der Waals surface area contributed by atoms with Gasteiger partial charge < -0.3 is 30.5 Å². The van der Waals surface area contributed by atoms with Crippen LogP contribution in [-0.2, 0) is 9.47 Å². The molecule has 0 saturated heterocycles. The minimum absolute atomic E-state index is 0.262. The molecule has 0 aliphatic carbocycles. The number of ether oxygens (including phenoxy) is 2. The highest BCUT2D eigenvalue weighted by atomic mass is 16.5. The molecule has 0 atom stereocenters. The second kappa shape index (κ2) is 11.1. The van der Waals surface area contributed by atoms with Crippen LogP contribution >= 0.6 is 0 Å². The number of hydrogen-bond acceptors (Lipinski definition) is 8. The number of nitrogens with one attached hydrogen (secondary N) is 3. The van der Waals surface area contributed by atoms with Crippen molar-refractivity contribution in [1.29, 1.82) is 0 Å². The summed E-state index contributed by atoms with van der Waals surface area (Å²) in [6.07, 6.45) is 2.62. The summed E-state index contributed by atoms with van der Waals surface area (Å²) in [6.45, 7) is 2.54. The molecule has 3 heterocycles. The fourth-order valence-corrected chi connectivity index (χ4v) is 3.14. The molecule has 0 radical (unpaired) electrons. The predicted octanol–water partition coefficient (Wildman–Crippen LogP) is 2.73. The van der Waals surface area contributed by atoms with Crippen molar-refractivity contribution >= 4 is 40.2 Å². The van der Waals surface area contributed by atoms with Crippen molar-refractivity contribution < 1.29 is 19.4 Å². The van der Waals surface area contributed by atoms with Crippen LogP contribution in [0, 0.1) is 0 Å². The summed E-state index contributed by atoms with van der Waals surface area (Å²) in [7, 11) is 0. The largest absolute Gasteiger partial charge is 0.465 e. The van der Waals surface area contributed by atoms with Gasteiger partial charge in [0.05, 0.1) is 49.3 Å².